The number of thiophene rings is 1. The van der Waals surface area contributed by atoms with Crippen molar-refractivity contribution in [2.45, 2.75) is 11.1 Å². The minimum atomic E-state index is -5.29. The molecule has 24 heavy (non-hydrogen) atoms. The van der Waals surface area contributed by atoms with Crippen LogP contribution in [0.3, 0.4) is 0 Å². The Morgan fingerprint density at radius 2 is 1.92 bits per heavy atom. The molecular formula is C12H7F3N2O5S2. The molecule has 0 saturated carbocycles. The molecular weight excluding hydrogens is 373 g/mol. The first-order chi connectivity index (χ1) is 11.0. The second-order valence-corrected chi connectivity index (χ2v) is 7.49. The zero-order chi connectivity index (χ0) is 18.1. The highest BCUT2D eigenvalue weighted by atomic mass is 32.2. The SMILES string of the molecule is CS(=O)(=O)c1cnnc(-c2ccc(C(=O)OC(=O)C(F)(F)F)s2)c1. The number of sulfone groups is 1. The molecule has 0 saturated heterocycles. The number of aromatic nitrogens is 2. The molecule has 2 aromatic heterocycles. The van der Waals surface area contributed by atoms with Gasteiger partial charge < -0.3 is 4.74 Å². The second kappa shape index (κ2) is 6.28. The molecule has 7 nitrogen and oxygen atoms in total. The van der Waals surface area contributed by atoms with E-state index < -0.39 is 28.0 Å². The van der Waals surface area contributed by atoms with Crippen molar-refractivity contribution in [2.75, 3.05) is 6.26 Å². The van der Waals surface area contributed by atoms with Gasteiger partial charge in [-0.15, -0.1) is 16.4 Å². The summed E-state index contributed by atoms with van der Waals surface area (Å²) in [5, 5.41) is 7.21. The van der Waals surface area contributed by atoms with Crippen molar-refractivity contribution in [3.63, 3.8) is 0 Å². The molecule has 0 N–H and O–H groups in total. The summed E-state index contributed by atoms with van der Waals surface area (Å²) in [6, 6.07) is 3.64. The van der Waals surface area contributed by atoms with E-state index in [0.29, 0.717) is 11.3 Å². The Labute approximate surface area is 137 Å². The van der Waals surface area contributed by atoms with Gasteiger partial charge in [0.15, 0.2) is 9.84 Å². The van der Waals surface area contributed by atoms with Gasteiger partial charge in [0.25, 0.3) is 0 Å². The largest absolute Gasteiger partial charge is 0.491 e. The second-order valence-electron chi connectivity index (χ2n) is 4.39. The van der Waals surface area contributed by atoms with E-state index in [1.807, 2.05) is 0 Å². The maximum atomic E-state index is 12.1. The van der Waals surface area contributed by atoms with Gasteiger partial charge in [-0.05, 0) is 18.2 Å². The van der Waals surface area contributed by atoms with Crippen LogP contribution in [0.4, 0.5) is 13.2 Å². The van der Waals surface area contributed by atoms with Gasteiger partial charge in [0.2, 0.25) is 0 Å². The van der Waals surface area contributed by atoms with E-state index in [2.05, 4.69) is 14.9 Å². The fourth-order valence-corrected chi connectivity index (χ4v) is 2.85. The highest BCUT2D eigenvalue weighted by Gasteiger charge is 2.42. The van der Waals surface area contributed by atoms with E-state index in [0.717, 1.165) is 18.5 Å². The molecule has 0 fully saturated rings. The summed E-state index contributed by atoms with van der Waals surface area (Å²) in [6.07, 6.45) is -3.29. The van der Waals surface area contributed by atoms with Crippen molar-refractivity contribution in [1.82, 2.24) is 10.2 Å². The number of rotatable bonds is 3. The highest BCUT2D eigenvalue weighted by Crippen LogP contribution is 2.28. The number of halogens is 3. The van der Waals surface area contributed by atoms with E-state index in [4.69, 9.17) is 0 Å². The van der Waals surface area contributed by atoms with Crippen molar-refractivity contribution < 1.29 is 35.9 Å². The summed E-state index contributed by atoms with van der Waals surface area (Å²) >= 11 is 0.675. The summed E-state index contributed by atoms with van der Waals surface area (Å²) in [4.78, 5) is 22.0. The molecule has 12 heteroatoms. The van der Waals surface area contributed by atoms with Gasteiger partial charge in [-0.2, -0.15) is 18.3 Å². The van der Waals surface area contributed by atoms with Crippen LogP contribution < -0.4 is 0 Å². The first-order valence-corrected chi connectivity index (χ1v) is 8.65. The molecule has 2 heterocycles. The summed E-state index contributed by atoms with van der Waals surface area (Å²) < 4.78 is 62.8. The number of hydrogen-bond acceptors (Lipinski definition) is 8. The Morgan fingerprint density at radius 3 is 2.50 bits per heavy atom. The zero-order valence-electron chi connectivity index (χ0n) is 11.7. The molecule has 0 radical (unpaired) electrons. The van der Waals surface area contributed by atoms with Crippen molar-refractivity contribution >= 4 is 33.1 Å². The van der Waals surface area contributed by atoms with E-state index in [-0.39, 0.29) is 20.3 Å². The topological polar surface area (TPSA) is 103 Å². The highest BCUT2D eigenvalue weighted by molar-refractivity contribution is 7.90. The van der Waals surface area contributed by atoms with Crippen LogP contribution in [0.2, 0.25) is 0 Å². The lowest BCUT2D eigenvalue weighted by Crippen LogP contribution is -2.27. The third-order valence-corrected chi connectivity index (χ3v) is 4.70. The van der Waals surface area contributed by atoms with E-state index in [1.54, 1.807) is 0 Å². The molecule has 0 spiro atoms. The first-order valence-electron chi connectivity index (χ1n) is 5.95. The quantitative estimate of drug-likeness (QED) is 0.591. The smallest absolute Gasteiger partial charge is 0.382 e. The molecule has 0 aliphatic carbocycles. The number of nitrogens with zero attached hydrogens (tertiary/aromatic N) is 2. The minimum absolute atomic E-state index is 0.101. The first kappa shape index (κ1) is 18.0. The zero-order valence-corrected chi connectivity index (χ0v) is 13.3. The Hall–Kier alpha value is -2.34. The summed E-state index contributed by atoms with van der Waals surface area (Å²) in [5.74, 6) is -4.10. The fourth-order valence-electron chi connectivity index (χ4n) is 1.45. The molecule has 0 aliphatic heterocycles. The van der Waals surface area contributed by atoms with Gasteiger partial charge in [0.05, 0.1) is 16.0 Å². The maximum absolute atomic E-state index is 12.1. The molecule has 128 valence electrons. The number of esters is 2. The average molecular weight is 380 g/mol. The predicted octanol–water partition coefficient (Wildman–Crippen LogP) is 1.85. The molecule has 0 atom stereocenters. The standard InChI is InChI=1S/C12H7F3N2O5S2/c1-24(20,21)6-4-7(17-16-5-6)8-2-3-9(23-8)10(18)22-11(19)12(13,14)15/h2-5H,1H3. The van der Waals surface area contributed by atoms with Gasteiger partial charge in [-0.3, -0.25) is 0 Å². The van der Waals surface area contributed by atoms with Crippen molar-refractivity contribution in [3.05, 3.63) is 29.3 Å². The van der Waals surface area contributed by atoms with Gasteiger partial charge in [0, 0.05) is 6.26 Å². The third kappa shape index (κ3) is 4.14. The van der Waals surface area contributed by atoms with Gasteiger partial charge in [-0.1, -0.05) is 0 Å². The number of ether oxygens (including phenoxy) is 1. The molecule has 2 rings (SSSR count). The van der Waals surface area contributed by atoms with Crippen LogP contribution in [0.25, 0.3) is 10.6 Å². The Morgan fingerprint density at radius 1 is 1.25 bits per heavy atom. The maximum Gasteiger partial charge on any atom is 0.491 e. The third-order valence-electron chi connectivity index (χ3n) is 2.53. The monoisotopic (exact) mass is 380 g/mol. The molecule has 0 unspecified atom stereocenters. The van der Waals surface area contributed by atoms with Crippen LogP contribution in [0.1, 0.15) is 9.67 Å². The Kier molecular flexibility index (Phi) is 4.71. The van der Waals surface area contributed by atoms with Crippen LogP contribution >= 0.6 is 11.3 Å². The van der Waals surface area contributed by atoms with Gasteiger partial charge >= 0.3 is 18.1 Å². The lowest BCUT2D eigenvalue weighted by Gasteiger charge is -2.03. The average Bonchev–Trinajstić information content (AvgIpc) is 2.95. The number of carbonyl (C=O) groups excluding carboxylic acids is 2. The number of carbonyl (C=O) groups is 2. The Balaban J connectivity index is 2.25. The number of hydrogen-bond donors (Lipinski definition) is 0. The van der Waals surface area contributed by atoms with E-state index >= 15 is 0 Å². The molecule has 2 aromatic rings. The van der Waals surface area contributed by atoms with Crippen LogP contribution in [-0.2, 0) is 19.4 Å². The van der Waals surface area contributed by atoms with Gasteiger partial charge in [-0.25, -0.2) is 18.0 Å². The lowest BCUT2D eigenvalue weighted by atomic mass is 10.3. The van der Waals surface area contributed by atoms with Crippen molar-refractivity contribution in [3.8, 4) is 10.6 Å². The normalized spacial score (nSPS) is 12.0. The van der Waals surface area contributed by atoms with E-state index in [1.165, 1.54) is 12.1 Å². The summed E-state index contributed by atoms with van der Waals surface area (Å²) in [5.41, 5.74) is 0.101. The summed E-state index contributed by atoms with van der Waals surface area (Å²) in [6.45, 7) is 0. The lowest BCUT2D eigenvalue weighted by molar-refractivity contribution is -0.193. The van der Waals surface area contributed by atoms with E-state index in [9.17, 15) is 31.2 Å². The predicted molar refractivity (Wildman–Crippen MR) is 74.9 cm³/mol. The van der Waals surface area contributed by atoms with Crippen LogP contribution in [0.5, 0.6) is 0 Å². The fraction of sp³-hybridized carbons (Fsp3) is 0.167. The Bertz CT molecular complexity index is 905. The minimum Gasteiger partial charge on any atom is -0.382 e. The van der Waals surface area contributed by atoms with Crippen molar-refractivity contribution in [2.24, 2.45) is 0 Å². The molecule has 0 amide bonds. The molecule has 0 aliphatic rings. The van der Waals surface area contributed by atoms with Crippen LogP contribution in [0, 0.1) is 0 Å². The van der Waals surface area contributed by atoms with Gasteiger partial charge in [0.1, 0.15) is 10.6 Å². The molecule has 0 bridgehead atoms. The summed E-state index contributed by atoms with van der Waals surface area (Å²) in [7, 11) is -3.53. The van der Waals surface area contributed by atoms with Crippen molar-refractivity contribution in [1.29, 1.82) is 0 Å². The van der Waals surface area contributed by atoms with Crippen LogP contribution in [-0.4, -0.2) is 43.0 Å². The number of alkyl halides is 3. The molecule has 0 aromatic carbocycles. The van der Waals surface area contributed by atoms with Crippen LogP contribution in [0.15, 0.2) is 29.3 Å².